The second kappa shape index (κ2) is 10.0. The standard InChI is InChI=1S/C31H32FN5O/c1-4-38-28-17-23(6-5-19(28)2)29-20(3)35-30(36-29)22-11-13-37(14-12-22)31-26-15-24(16-27(26)33-18-34-31)21-7-9-25(32)10-8-21/h5-10,15,17-18,22H,4,11-14,16H2,1-3H3,(H,35,36). The van der Waals surface area contributed by atoms with E-state index >= 15 is 0 Å². The van der Waals surface area contributed by atoms with E-state index in [-0.39, 0.29) is 5.82 Å². The molecule has 0 radical (unpaired) electrons. The summed E-state index contributed by atoms with van der Waals surface area (Å²) < 4.78 is 19.2. The third kappa shape index (κ3) is 4.57. The molecule has 7 heteroatoms. The van der Waals surface area contributed by atoms with Crippen LogP contribution in [0.1, 0.15) is 59.6 Å². The number of aromatic nitrogens is 4. The molecule has 1 fully saturated rings. The van der Waals surface area contributed by atoms with Crippen LogP contribution in [0.15, 0.2) is 48.8 Å². The number of aromatic amines is 1. The van der Waals surface area contributed by atoms with Crippen LogP contribution in [0.5, 0.6) is 5.75 Å². The summed E-state index contributed by atoms with van der Waals surface area (Å²) in [6.07, 6.45) is 6.58. The van der Waals surface area contributed by atoms with Gasteiger partial charge in [0.15, 0.2) is 0 Å². The zero-order chi connectivity index (χ0) is 26.2. The minimum absolute atomic E-state index is 0.221. The number of nitrogens with zero attached hydrogens (tertiary/aromatic N) is 4. The molecule has 38 heavy (non-hydrogen) atoms. The van der Waals surface area contributed by atoms with Crippen molar-refractivity contribution in [2.24, 2.45) is 0 Å². The summed E-state index contributed by atoms with van der Waals surface area (Å²) in [6.45, 7) is 8.62. The highest BCUT2D eigenvalue weighted by Gasteiger charge is 2.28. The summed E-state index contributed by atoms with van der Waals surface area (Å²) in [4.78, 5) is 20.2. The van der Waals surface area contributed by atoms with E-state index in [1.165, 1.54) is 12.1 Å². The second-order valence-electron chi connectivity index (χ2n) is 10.2. The molecule has 0 bridgehead atoms. The molecule has 0 spiro atoms. The number of H-pyrrole nitrogens is 1. The third-order valence-electron chi connectivity index (χ3n) is 7.68. The lowest BCUT2D eigenvalue weighted by Gasteiger charge is -2.32. The van der Waals surface area contributed by atoms with Gasteiger partial charge < -0.3 is 14.6 Å². The zero-order valence-corrected chi connectivity index (χ0v) is 22.1. The lowest BCUT2D eigenvalue weighted by atomic mass is 9.96. The average molecular weight is 510 g/mol. The number of ether oxygens (including phenoxy) is 1. The SMILES string of the molecule is CCOc1cc(-c2nc(C3CCN(c4ncnc5c4C=C(c4ccc(F)cc4)C5)CC3)[nH]c2C)ccc1C. The first kappa shape index (κ1) is 24.3. The fourth-order valence-corrected chi connectivity index (χ4v) is 5.60. The molecule has 2 aromatic heterocycles. The van der Waals surface area contributed by atoms with Gasteiger partial charge in [0, 0.05) is 42.2 Å². The molecule has 6 rings (SSSR count). The number of imidazole rings is 1. The predicted octanol–water partition coefficient (Wildman–Crippen LogP) is 6.50. The highest BCUT2D eigenvalue weighted by atomic mass is 19.1. The number of rotatable bonds is 6. The Kier molecular flexibility index (Phi) is 6.44. The van der Waals surface area contributed by atoms with E-state index in [9.17, 15) is 4.39 Å². The molecule has 0 unspecified atom stereocenters. The molecule has 6 nitrogen and oxygen atoms in total. The third-order valence-corrected chi connectivity index (χ3v) is 7.68. The van der Waals surface area contributed by atoms with Crippen molar-refractivity contribution in [1.82, 2.24) is 19.9 Å². The molecular weight excluding hydrogens is 477 g/mol. The molecule has 1 aliphatic carbocycles. The molecule has 2 aromatic carbocycles. The first-order valence-electron chi connectivity index (χ1n) is 13.4. The Morgan fingerprint density at radius 3 is 2.55 bits per heavy atom. The van der Waals surface area contributed by atoms with Gasteiger partial charge in [0.1, 0.15) is 29.5 Å². The summed E-state index contributed by atoms with van der Waals surface area (Å²) in [5, 5.41) is 0. The molecule has 3 heterocycles. The summed E-state index contributed by atoms with van der Waals surface area (Å²) in [5.41, 5.74) is 8.59. The summed E-state index contributed by atoms with van der Waals surface area (Å²) in [5.74, 6) is 3.11. The number of hydrogen-bond donors (Lipinski definition) is 1. The van der Waals surface area contributed by atoms with Crippen LogP contribution < -0.4 is 9.64 Å². The Bertz CT molecular complexity index is 1500. The van der Waals surface area contributed by atoms with Crippen LogP contribution in [0.25, 0.3) is 22.9 Å². The molecular formula is C31H32FN5O. The van der Waals surface area contributed by atoms with Crippen molar-refractivity contribution in [3.05, 3.63) is 88.5 Å². The minimum atomic E-state index is -0.221. The summed E-state index contributed by atoms with van der Waals surface area (Å²) in [7, 11) is 0. The Hall–Kier alpha value is -4.00. The van der Waals surface area contributed by atoms with Gasteiger partial charge in [-0.1, -0.05) is 24.3 Å². The molecule has 194 valence electrons. The van der Waals surface area contributed by atoms with E-state index in [4.69, 9.17) is 9.72 Å². The van der Waals surface area contributed by atoms with Crippen molar-refractivity contribution in [1.29, 1.82) is 0 Å². The quantitative estimate of drug-likeness (QED) is 0.321. The molecule has 1 saturated heterocycles. The van der Waals surface area contributed by atoms with Crippen LogP contribution in [0.4, 0.5) is 10.2 Å². The van der Waals surface area contributed by atoms with Gasteiger partial charge in [0.25, 0.3) is 0 Å². The maximum atomic E-state index is 13.4. The maximum Gasteiger partial charge on any atom is 0.139 e. The van der Waals surface area contributed by atoms with Gasteiger partial charge in [-0.15, -0.1) is 0 Å². The van der Waals surface area contributed by atoms with E-state index in [1.807, 2.05) is 19.1 Å². The number of benzene rings is 2. The van der Waals surface area contributed by atoms with Crippen molar-refractivity contribution >= 4 is 17.5 Å². The van der Waals surface area contributed by atoms with Gasteiger partial charge in [0.05, 0.1) is 18.0 Å². The van der Waals surface area contributed by atoms with Crippen molar-refractivity contribution < 1.29 is 9.13 Å². The normalized spacial score (nSPS) is 15.5. The number of piperidine rings is 1. The van der Waals surface area contributed by atoms with Gasteiger partial charge in [-0.25, -0.2) is 19.3 Å². The van der Waals surface area contributed by atoms with Crippen molar-refractivity contribution in [2.45, 2.75) is 46.0 Å². The van der Waals surface area contributed by atoms with Crippen LogP contribution in [0.2, 0.25) is 0 Å². The monoisotopic (exact) mass is 509 g/mol. The van der Waals surface area contributed by atoms with Crippen LogP contribution >= 0.6 is 0 Å². The Labute approximate surface area is 222 Å². The van der Waals surface area contributed by atoms with Crippen molar-refractivity contribution in [2.75, 3.05) is 24.6 Å². The second-order valence-corrected chi connectivity index (χ2v) is 10.2. The van der Waals surface area contributed by atoms with E-state index in [1.54, 1.807) is 6.33 Å². The van der Waals surface area contributed by atoms with Crippen LogP contribution in [0.3, 0.4) is 0 Å². The highest BCUT2D eigenvalue weighted by molar-refractivity contribution is 5.91. The highest BCUT2D eigenvalue weighted by Crippen LogP contribution is 2.38. The van der Waals surface area contributed by atoms with Gasteiger partial charge in [-0.3, -0.25) is 0 Å². The molecule has 2 aliphatic rings. The van der Waals surface area contributed by atoms with Gasteiger partial charge in [-0.2, -0.15) is 0 Å². The number of allylic oxidation sites excluding steroid dienone is 1. The number of hydrogen-bond acceptors (Lipinski definition) is 5. The number of anilines is 1. The molecule has 0 amide bonds. The van der Waals surface area contributed by atoms with E-state index in [0.717, 1.165) is 94.7 Å². The fraction of sp³-hybridized carbons (Fsp3) is 0.323. The van der Waals surface area contributed by atoms with Crippen molar-refractivity contribution in [3.8, 4) is 17.0 Å². The zero-order valence-electron chi connectivity index (χ0n) is 22.1. The van der Waals surface area contributed by atoms with Gasteiger partial charge >= 0.3 is 0 Å². The molecule has 0 saturated carbocycles. The number of nitrogens with one attached hydrogen (secondary N) is 1. The van der Waals surface area contributed by atoms with E-state index in [0.29, 0.717) is 12.5 Å². The summed E-state index contributed by atoms with van der Waals surface area (Å²) >= 11 is 0. The number of fused-ring (bicyclic) bond motifs is 1. The predicted molar refractivity (Wildman–Crippen MR) is 149 cm³/mol. The Morgan fingerprint density at radius 2 is 1.79 bits per heavy atom. The fourth-order valence-electron chi connectivity index (χ4n) is 5.60. The van der Waals surface area contributed by atoms with E-state index < -0.39 is 0 Å². The minimum Gasteiger partial charge on any atom is -0.494 e. The molecule has 1 aliphatic heterocycles. The summed E-state index contributed by atoms with van der Waals surface area (Å²) in [6, 6.07) is 13.0. The van der Waals surface area contributed by atoms with Crippen LogP contribution in [0, 0.1) is 19.7 Å². The first-order chi connectivity index (χ1) is 18.5. The average Bonchev–Trinajstić information content (AvgIpc) is 3.54. The lowest BCUT2D eigenvalue weighted by Crippen LogP contribution is -2.34. The Morgan fingerprint density at radius 1 is 1.03 bits per heavy atom. The maximum absolute atomic E-state index is 13.4. The van der Waals surface area contributed by atoms with Gasteiger partial charge in [-0.05, 0) is 74.6 Å². The van der Waals surface area contributed by atoms with Crippen LogP contribution in [-0.4, -0.2) is 39.6 Å². The van der Waals surface area contributed by atoms with Crippen LogP contribution in [-0.2, 0) is 6.42 Å². The van der Waals surface area contributed by atoms with Gasteiger partial charge in [0.2, 0.25) is 0 Å². The smallest absolute Gasteiger partial charge is 0.139 e. The van der Waals surface area contributed by atoms with Crippen molar-refractivity contribution in [3.63, 3.8) is 0 Å². The lowest BCUT2D eigenvalue weighted by molar-refractivity contribution is 0.338. The number of aryl methyl sites for hydroxylation is 2. The molecule has 1 N–H and O–H groups in total. The number of halogens is 1. The largest absolute Gasteiger partial charge is 0.494 e. The first-order valence-corrected chi connectivity index (χ1v) is 13.4. The topological polar surface area (TPSA) is 66.9 Å². The Balaban J connectivity index is 1.18. The molecule has 4 aromatic rings. The molecule has 0 atom stereocenters. The van der Waals surface area contributed by atoms with E-state index in [2.05, 4.69) is 58.0 Å².